The number of amides is 2. The summed E-state index contributed by atoms with van der Waals surface area (Å²) in [4.78, 5) is 44.0. The van der Waals surface area contributed by atoms with Crippen molar-refractivity contribution in [3.05, 3.63) is 46.3 Å². The quantitative estimate of drug-likeness (QED) is 0.0318. The van der Waals surface area contributed by atoms with Gasteiger partial charge in [-0.2, -0.15) is 0 Å². The summed E-state index contributed by atoms with van der Waals surface area (Å²) in [5, 5.41) is 8.48. The summed E-state index contributed by atoms with van der Waals surface area (Å²) in [5.74, 6) is 4.78. The Morgan fingerprint density at radius 3 is 2.21 bits per heavy atom. The van der Waals surface area contributed by atoms with Crippen LogP contribution in [0.15, 0.2) is 40.4 Å². The summed E-state index contributed by atoms with van der Waals surface area (Å²) in [5.41, 5.74) is 9.11. The minimum atomic E-state index is -1.98. The van der Waals surface area contributed by atoms with E-state index in [0.29, 0.717) is 13.0 Å². The van der Waals surface area contributed by atoms with Crippen LogP contribution in [0.5, 0.6) is 0 Å². The first-order valence-corrected chi connectivity index (χ1v) is 16.7. The zero-order valence-electron chi connectivity index (χ0n) is 26.5. The van der Waals surface area contributed by atoms with Crippen molar-refractivity contribution in [1.82, 2.24) is 10.6 Å². The number of hydrogen-bond donors (Lipinski definition) is 2. The molecule has 14 heteroatoms. The second kappa shape index (κ2) is 17.2. The molecular formula is C29H44N6O7Si. The summed E-state index contributed by atoms with van der Waals surface area (Å²) in [7, 11) is -1.98. The number of ether oxygens (including phenoxy) is 3. The standard InChI is InChI=1S/C29H44N6O7Si/c1-21(36)39-20-24(23(34-35-30)17-13-14-18-41-43(8,9)29(5,6)7)31-25(33-27(38)42-28(2,3)4)32-26(37)40-19-22-15-11-10-12-16-22/h10-12,15-16,23-24H,14,18-20H2,1-9H3,(H2,31,32,33,37,38)/t23-,24+/m1/s1. The average molecular weight is 617 g/mol. The molecular weight excluding hydrogens is 572 g/mol. The van der Waals surface area contributed by atoms with Crippen LogP contribution in [0.4, 0.5) is 9.59 Å². The van der Waals surface area contributed by atoms with E-state index >= 15 is 0 Å². The highest BCUT2D eigenvalue weighted by Gasteiger charge is 2.36. The molecule has 0 radical (unpaired) electrons. The van der Waals surface area contributed by atoms with E-state index in [1.54, 1.807) is 45.0 Å². The highest BCUT2D eigenvalue weighted by molar-refractivity contribution is 6.74. The zero-order chi connectivity index (χ0) is 32.7. The molecule has 236 valence electrons. The number of alkyl carbamates (subject to hydrolysis) is 2. The Morgan fingerprint density at radius 1 is 1.02 bits per heavy atom. The highest BCUT2D eigenvalue weighted by atomic mass is 28.4. The summed E-state index contributed by atoms with van der Waals surface area (Å²) < 4.78 is 21.8. The fraction of sp³-hybridized carbons (Fsp3) is 0.586. The van der Waals surface area contributed by atoms with Gasteiger partial charge in [0.15, 0.2) is 8.32 Å². The van der Waals surface area contributed by atoms with Gasteiger partial charge in [-0.1, -0.05) is 62.1 Å². The van der Waals surface area contributed by atoms with Crippen molar-refractivity contribution < 1.29 is 33.0 Å². The van der Waals surface area contributed by atoms with Gasteiger partial charge in [-0.05, 0) is 50.0 Å². The smallest absolute Gasteiger partial charge is 0.414 e. The number of carbonyl (C=O) groups is 3. The van der Waals surface area contributed by atoms with E-state index in [0.717, 1.165) is 5.56 Å². The Hall–Kier alpha value is -4.05. The third kappa shape index (κ3) is 15.7. The number of rotatable bonds is 10. The highest BCUT2D eigenvalue weighted by Crippen LogP contribution is 2.36. The lowest BCUT2D eigenvalue weighted by molar-refractivity contribution is -0.141. The molecule has 0 bridgehead atoms. The molecule has 2 amide bonds. The van der Waals surface area contributed by atoms with Gasteiger partial charge in [-0.3, -0.25) is 15.4 Å². The van der Waals surface area contributed by atoms with E-state index in [9.17, 15) is 19.9 Å². The van der Waals surface area contributed by atoms with Crippen LogP contribution >= 0.6 is 0 Å². The van der Waals surface area contributed by atoms with Crippen molar-refractivity contribution in [2.45, 2.75) is 97.3 Å². The summed E-state index contributed by atoms with van der Waals surface area (Å²) in [6.07, 6.45) is -1.50. The molecule has 0 heterocycles. The topological polar surface area (TPSA) is 173 Å². The number of azide groups is 1. The maximum Gasteiger partial charge on any atom is 0.414 e. The van der Waals surface area contributed by atoms with Crippen LogP contribution in [0.1, 0.15) is 60.5 Å². The number of guanidine groups is 1. The minimum absolute atomic E-state index is 0.0324. The van der Waals surface area contributed by atoms with Crippen molar-refractivity contribution in [2.24, 2.45) is 10.1 Å². The normalized spacial score (nSPS) is 13.3. The predicted molar refractivity (Wildman–Crippen MR) is 165 cm³/mol. The molecule has 0 aliphatic heterocycles. The number of carbonyl (C=O) groups excluding carboxylic acids is 3. The van der Waals surface area contributed by atoms with Crippen molar-refractivity contribution in [2.75, 3.05) is 13.2 Å². The molecule has 1 rings (SSSR count). The number of benzene rings is 1. The molecule has 2 atom stereocenters. The van der Waals surface area contributed by atoms with Crippen molar-refractivity contribution in [3.8, 4) is 11.8 Å². The molecule has 0 fully saturated rings. The van der Waals surface area contributed by atoms with Gasteiger partial charge in [0.2, 0.25) is 5.96 Å². The number of nitrogens with one attached hydrogen (secondary N) is 2. The minimum Gasteiger partial charge on any atom is -0.464 e. The Labute approximate surface area is 254 Å². The van der Waals surface area contributed by atoms with Crippen LogP contribution in [0.2, 0.25) is 18.1 Å². The molecule has 0 aliphatic rings. The van der Waals surface area contributed by atoms with E-state index in [1.807, 2.05) is 6.07 Å². The second-order valence-electron chi connectivity index (χ2n) is 12.0. The molecule has 43 heavy (non-hydrogen) atoms. The second-order valence-corrected chi connectivity index (χ2v) is 16.8. The molecule has 0 unspecified atom stereocenters. The Morgan fingerprint density at radius 2 is 1.65 bits per heavy atom. The maximum absolute atomic E-state index is 12.6. The van der Waals surface area contributed by atoms with Crippen LogP contribution in [-0.4, -0.2) is 63.3 Å². The number of esters is 1. The lowest BCUT2D eigenvalue weighted by atomic mass is 10.1. The SMILES string of the molecule is CC(=O)OC[C@H](N=C(NC(=O)OCc1ccccc1)NC(=O)OC(C)(C)C)[C@@H](C#CCCO[Si](C)(C)C(C)(C)C)N=[N+]=[N-]. The first-order valence-electron chi connectivity index (χ1n) is 13.8. The third-order valence-electron chi connectivity index (χ3n) is 6.09. The predicted octanol–water partition coefficient (Wildman–Crippen LogP) is 5.82. The fourth-order valence-corrected chi connectivity index (χ4v) is 3.97. The van der Waals surface area contributed by atoms with Gasteiger partial charge in [0.1, 0.15) is 30.9 Å². The van der Waals surface area contributed by atoms with E-state index in [4.69, 9.17) is 18.6 Å². The summed E-state index contributed by atoms with van der Waals surface area (Å²) in [6.45, 7) is 16.8. The van der Waals surface area contributed by atoms with Gasteiger partial charge in [-0.25, -0.2) is 14.6 Å². The first kappa shape index (κ1) is 37.0. The number of aliphatic imine (C=N–C) groups is 1. The Balaban J connectivity index is 3.26. The van der Waals surface area contributed by atoms with Gasteiger partial charge >= 0.3 is 18.2 Å². The molecule has 1 aromatic carbocycles. The van der Waals surface area contributed by atoms with Gasteiger partial charge in [0, 0.05) is 24.9 Å². The van der Waals surface area contributed by atoms with Crippen LogP contribution in [-0.2, 0) is 30.0 Å². The van der Waals surface area contributed by atoms with Crippen molar-refractivity contribution in [3.63, 3.8) is 0 Å². The van der Waals surface area contributed by atoms with E-state index in [-0.39, 0.29) is 24.2 Å². The molecule has 0 spiro atoms. The molecule has 0 aromatic heterocycles. The average Bonchev–Trinajstić information content (AvgIpc) is 2.87. The lowest BCUT2D eigenvalue weighted by Crippen LogP contribution is -2.47. The molecule has 0 saturated heterocycles. The fourth-order valence-electron chi connectivity index (χ4n) is 2.93. The third-order valence-corrected chi connectivity index (χ3v) is 10.6. The zero-order valence-corrected chi connectivity index (χ0v) is 27.5. The summed E-state index contributed by atoms with van der Waals surface area (Å²) >= 11 is 0. The first-order chi connectivity index (χ1) is 19.9. The van der Waals surface area contributed by atoms with Crippen molar-refractivity contribution >= 4 is 32.4 Å². The Kier molecular flexibility index (Phi) is 14.8. The van der Waals surface area contributed by atoms with E-state index < -0.39 is 44.2 Å². The number of hydrogen-bond acceptors (Lipinski definition) is 9. The maximum atomic E-state index is 12.6. The van der Waals surface area contributed by atoms with Gasteiger partial charge < -0.3 is 18.6 Å². The van der Waals surface area contributed by atoms with Crippen LogP contribution in [0.25, 0.3) is 10.4 Å². The van der Waals surface area contributed by atoms with Gasteiger partial charge in [0.05, 0.1) is 0 Å². The van der Waals surface area contributed by atoms with E-state index in [1.165, 1.54) is 6.92 Å². The van der Waals surface area contributed by atoms with Crippen LogP contribution in [0.3, 0.4) is 0 Å². The van der Waals surface area contributed by atoms with Crippen LogP contribution in [0, 0.1) is 11.8 Å². The van der Waals surface area contributed by atoms with Crippen LogP contribution < -0.4 is 10.6 Å². The monoisotopic (exact) mass is 616 g/mol. The lowest BCUT2D eigenvalue weighted by Gasteiger charge is -2.35. The Bertz CT molecular complexity index is 1220. The van der Waals surface area contributed by atoms with Crippen molar-refractivity contribution in [1.29, 1.82) is 0 Å². The van der Waals surface area contributed by atoms with E-state index in [2.05, 4.69) is 71.4 Å². The number of nitrogens with zero attached hydrogens (tertiary/aromatic N) is 4. The van der Waals surface area contributed by atoms with Gasteiger partial charge in [-0.15, -0.1) is 5.92 Å². The molecule has 1 aromatic rings. The molecule has 13 nitrogen and oxygen atoms in total. The largest absolute Gasteiger partial charge is 0.464 e. The molecule has 0 aliphatic carbocycles. The summed E-state index contributed by atoms with van der Waals surface area (Å²) in [6, 6.07) is 6.72. The van der Waals surface area contributed by atoms with Gasteiger partial charge in [0.25, 0.3) is 0 Å². The molecule has 2 N–H and O–H groups in total. The molecule has 0 saturated carbocycles.